The molecule has 0 unspecified atom stereocenters. The summed E-state index contributed by atoms with van der Waals surface area (Å²) >= 11 is 10.9. The standard InChI is InChI=1S/C13H6ClF3N2S/c14-7-4-12-11(5-9(7)16)18-13(20)19(12)6-1-2-8(15)10(17)3-6/h1-5H,(H,18,20). The molecular weight excluding hydrogens is 309 g/mol. The zero-order valence-electron chi connectivity index (χ0n) is 9.75. The largest absolute Gasteiger partial charge is 0.330 e. The van der Waals surface area contributed by atoms with Gasteiger partial charge in [0.05, 0.1) is 21.7 Å². The Kier molecular flexibility index (Phi) is 3.07. The lowest BCUT2D eigenvalue weighted by molar-refractivity contribution is 0.508. The van der Waals surface area contributed by atoms with Gasteiger partial charge in [-0.05, 0) is 30.4 Å². The molecule has 0 bridgehead atoms. The molecule has 0 amide bonds. The normalized spacial score (nSPS) is 11.2. The lowest BCUT2D eigenvalue weighted by atomic mass is 10.2. The summed E-state index contributed by atoms with van der Waals surface area (Å²) < 4.78 is 41.4. The van der Waals surface area contributed by atoms with Crippen molar-refractivity contribution in [1.82, 2.24) is 9.55 Å². The van der Waals surface area contributed by atoms with E-state index in [2.05, 4.69) is 4.98 Å². The predicted molar refractivity (Wildman–Crippen MR) is 73.3 cm³/mol. The average molecular weight is 315 g/mol. The molecule has 0 atom stereocenters. The van der Waals surface area contributed by atoms with Crippen LogP contribution in [-0.2, 0) is 0 Å². The summed E-state index contributed by atoms with van der Waals surface area (Å²) in [6.45, 7) is 0. The maximum atomic E-state index is 13.4. The quantitative estimate of drug-likeness (QED) is 0.642. The van der Waals surface area contributed by atoms with Gasteiger partial charge in [0.1, 0.15) is 5.82 Å². The van der Waals surface area contributed by atoms with E-state index in [4.69, 9.17) is 23.8 Å². The van der Waals surface area contributed by atoms with E-state index in [-0.39, 0.29) is 9.79 Å². The molecule has 0 saturated carbocycles. The number of H-pyrrole nitrogens is 1. The fourth-order valence-electron chi connectivity index (χ4n) is 1.98. The first-order valence-electron chi connectivity index (χ1n) is 5.52. The Hall–Kier alpha value is -1.79. The van der Waals surface area contributed by atoms with Gasteiger partial charge in [-0.15, -0.1) is 0 Å². The minimum Gasteiger partial charge on any atom is -0.330 e. The number of benzene rings is 2. The van der Waals surface area contributed by atoms with Crippen molar-refractivity contribution in [2.75, 3.05) is 0 Å². The molecule has 102 valence electrons. The van der Waals surface area contributed by atoms with E-state index in [1.807, 2.05) is 0 Å². The van der Waals surface area contributed by atoms with E-state index >= 15 is 0 Å². The van der Waals surface area contributed by atoms with Crippen LogP contribution in [0.3, 0.4) is 0 Å². The number of fused-ring (bicyclic) bond motifs is 1. The van der Waals surface area contributed by atoms with Gasteiger partial charge in [0, 0.05) is 12.1 Å². The van der Waals surface area contributed by atoms with Gasteiger partial charge in [-0.3, -0.25) is 4.57 Å². The third-order valence-corrected chi connectivity index (χ3v) is 3.46. The summed E-state index contributed by atoms with van der Waals surface area (Å²) in [4.78, 5) is 2.79. The second kappa shape index (κ2) is 4.64. The second-order valence-corrected chi connectivity index (χ2v) is 4.94. The van der Waals surface area contributed by atoms with Gasteiger partial charge in [0.2, 0.25) is 0 Å². The van der Waals surface area contributed by atoms with E-state index in [9.17, 15) is 13.2 Å². The van der Waals surface area contributed by atoms with Gasteiger partial charge < -0.3 is 4.98 Å². The van der Waals surface area contributed by atoms with Crippen LogP contribution in [0.25, 0.3) is 16.7 Å². The zero-order valence-corrected chi connectivity index (χ0v) is 11.3. The monoisotopic (exact) mass is 314 g/mol. The molecule has 1 N–H and O–H groups in total. The Labute approximate surface area is 121 Å². The molecule has 0 aliphatic carbocycles. The van der Waals surface area contributed by atoms with Crippen molar-refractivity contribution in [3.05, 3.63) is 57.6 Å². The number of imidazole rings is 1. The van der Waals surface area contributed by atoms with Crippen LogP contribution in [0.5, 0.6) is 0 Å². The van der Waals surface area contributed by atoms with Gasteiger partial charge in [-0.25, -0.2) is 13.2 Å². The minimum absolute atomic E-state index is 0.0807. The number of aromatic amines is 1. The van der Waals surface area contributed by atoms with Crippen molar-refractivity contribution in [2.45, 2.75) is 0 Å². The van der Waals surface area contributed by atoms with E-state index in [0.29, 0.717) is 16.7 Å². The van der Waals surface area contributed by atoms with Gasteiger partial charge in [0.15, 0.2) is 16.4 Å². The van der Waals surface area contributed by atoms with Crippen molar-refractivity contribution >= 4 is 34.9 Å². The molecule has 0 radical (unpaired) electrons. The summed E-state index contributed by atoms with van der Waals surface area (Å²) in [5.41, 5.74) is 1.22. The maximum Gasteiger partial charge on any atom is 0.182 e. The highest BCUT2D eigenvalue weighted by Crippen LogP contribution is 2.26. The highest BCUT2D eigenvalue weighted by molar-refractivity contribution is 7.71. The first kappa shape index (κ1) is 13.2. The number of nitrogens with zero attached hydrogens (tertiary/aromatic N) is 1. The summed E-state index contributed by atoms with van der Waals surface area (Å²) in [7, 11) is 0. The van der Waals surface area contributed by atoms with Crippen molar-refractivity contribution in [3.8, 4) is 5.69 Å². The van der Waals surface area contributed by atoms with Crippen molar-refractivity contribution in [3.63, 3.8) is 0 Å². The van der Waals surface area contributed by atoms with Crippen LogP contribution in [0.1, 0.15) is 0 Å². The second-order valence-electron chi connectivity index (χ2n) is 4.15. The topological polar surface area (TPSA) is 20.7 Å². The van der Waals surface area contributed by atoms with Crippen LogP contribution in [0.15, 0.2) is 30.3 Å². The van der Waals surface area contributed by atoms with Crippen molar-refractivity contribution in [1.29, 1.82) is 0 Å². The SMILES string of the molecule is Fc1ccc(-n2c(=S)[nH]c3cc(F)c(Cl)cc32)cc1F. The van der Waals surface area contributed by atoms with Crippen LogP contribution in [0.2, 0.25) is 5.02 Å². The van der Waals surface area contributed by atoms with Crippen molar-refractivity contribution in [2.24, 2.45) is 0 Å². The molecule has 3 aromatic rings. The highest BCUT2D eigenvalue weighted by atomic mass is 35.5. The Morgan fingerprint density at radius 2 is 1.75 bits per heavy atom. The van der Waals surface area contributed by atoms with Crippen LogP contribution in [-0.4, -0.2) is 9.55 Å². The first-order valence-corrected chi connectivity index (χ1v) is 6.31. The summed E-state index contributed by atoms with van der Waals surface area (Å²) in [6, 6.07) is 5.95. The zero-order chi connectivity index (χ0) is 14.4. The fraction of sp³-hybridized carbons (Fsp3) is 0. The Balaban J connectivity index is 2.35. The van der Waals surface area contributed by atoms with E-state index in [1.54, 1.807) is 0 Å². The Morgan fingerprint density at radius 1 is 1.00 bits per heavy atom. The molecule has 7 heteroatoms. The number of nitrogens with one attached hydrogen (secondary N) is 1. The van der Waals surface area contributed by atoms with E-state index in [0.717, 1.165) is 12.1 Å². The minimum atomic E-state index is -0.994. The third-order valence-electron chi connectivity index (χ3n) is 2.89. The molecule has 20 heavy (non-hydrogen) atoms. The molecular formula is C13H6ClF3N2S. The van der Waals surface area contributed by atoms with Gasteiger partial charge in [-0.1, -0.05) is 11.6 Å². The van der Waals surface area contributed by atoms with Crippen molar-refractivity contribution < 1.29 is 13.2 Å². The molecule has 0 fully saturated rings. The number of hydrogen-bond acceptors (Lipinski definition) is 1. The number of aromatic nitrogens is 2. The molecule has 1 heterocycles. The number of halogens is 4. The van der Waals surface area contributed by atoms with E-state index < -0.39 is 17.5 Å². The predicted octanol–water partition coefficient (Wildman–Crippen LogP) is 4.76. The van der Waals surface area contributed by atoms with E-state index in [1.165, 1.54) is 22.8 Å². The molecule has 0 aliphatic rings. The van der Waals surface area contributed by atoms with Gasteiger partial charge in [0.25, 0.3) is 0 Å². The Bertz CT molecular complexity index is 885. The van der Waals surface area contributed by atoms with Crippen LogP contribution >= 0.6 is 23.8 Å². The Morgan fingerprint density at radius 3 is 2.45 bits per heavy atom. The first-order chi connectivity index (χ1) is 9.47. The summed E-state index contributed by atoms with van der Waals surface area (Å²) in [6.07, 6.45) is 0. The molecule has 0 saturated heterocycles. The molecule has 0 aliphatic heterocycles. The lowest BCUT2D eigenvalue weighted by Gasteiger charge is -2.05. The number of rotatable bonds is 1. The maximum absolute atomic E-state index is 13.4. The fourth-order valence-corrected chi connectivity index (χ4v) is 2.45. The third kappa shape index (κ3) is 2.01. The average Bonchev–Trinajstić information content (AvgIpc) is 2.69. The van der Waals surface area contributed by atoms with Gasteiger partial charge in [-0.2, -0.15) is 0 Å². The molecule has 3 rings (SSSR count). The number of hydrogen-bond donors (Lipinski definition) is 1. The van der Waals surface area contributed by atoms with Crippen LogP contribution in [0, 0.1) is 22.2 Å². The molecule has 0 spiro atoms. The van der Waals surface area contributed by atoms with Crippen LogP contribution < -0.4 is 0 Å². The molecule has 2 nitrogen and oxygen atoms in total. The summed E-state index contributed by atoms with van der Waals surface area (Å²) in [5, 5.41) is -0.0807. The van der Waals surface area contributed by atoms with Crippen LogP contribution in [0.4, 0.5) is 13.2 Å². The summed E-state index contributed by atoms with van der Waals surface area (Å²) in [5.74, 6) is -2.54. The lowest BCUT2D eigenvalue weighted by Crippen LogP contribution is -1.96. The smallest absolute Gasteiger partial charge is 0.182 e. The molecule has 2 aromatic carbocycles. The van der Waals surface area contributed by atoms with Gasteiger partial charge >= 0.3 is 0 Å². The molecule has 1 aromatic heterocycles. The highest BCUT2D eigenvalue weighted by Gasteiger charge is 2.12.